The molecule has 0 radical (unpaired) electrons. The highest BCUT2D eigenvalue weighted by Crippen LogP contribution is 2.44. The maximum atomic E-state index is 13.5. The van der Waals surface area contributed by atoms with Gasteiger partial charge in [0.25, 0.3) is 5.91 Å². The number of halogens is 4. The molecule has 7 nitrogen and oxygen atoms in total. The third-order valence-electron chi connectivity index (χ3n) is 7.73. The molecule has 38 heavy (non-hydrogen) atoms. The lowest BCUT2D eigenvalue weighted by Gasteiger charge is -2.43. The Morgan fingerprint density at radius 3 is 2.00 bits per heavy atom. The molecule has 2 aliphatic rings. The first kappa shape index (κ1) is 27.8. The van der Waals surface area contributed by atoms with E-state index in [1.54, 1.807) is 17.0 Å². The molecule has 4 rings (SSSR count). The number of aliphatic hydroxyl groups excluding tert-OH is 1. The van der Waals surface area contributed by atoms with Gasteiger partial charge in [0.2, 0.25) is 5.60 Å². The summed E-state index contributed by atoms with van der Waals surface area (Å²) in [6, 6.07) is 10.3. The van der Waals surface area contributed by atoms with Crippen LogP contribution in [0.3, 0.4) is 0 Å². The molecule has 0 spiro atoms. The van der Waals surface area contributed by atoms with Crippen molar-refractivity contribution >= 4 is 12.0 Å². The van der Waals surface area contributed by atoms with Crippen molar-refractivity contribution in [2.24, 2.45) is 5.73 Å². The van der Waals surface area contributed by atoms with Gasteiger partial charge in [0.05, 0.1) is 6.61 Å². The van der Waals surface area contributed by atoms with Crippen LogP contribution in [0.15, 0.2) is 48.5 Å². The van der Waals surface area contributed by atoms with E-state index < -0.39 is 41.3 Å². The van der Waals surface area contributed by atoms with Crippen LogP contribution >= 0.6 is 0 Å². The van der Waals surface area contributed by atoms with Gasteiger partial charge in [0.15, 0.2) is 0 Å². The molecule has 2 saturated carbocycles. The van der Waals surface area contributed by atoms with Gasteiger partial charge >= 0.3 is 12.3 Å². The molecule has 0 aliphatic heterocycles. The molecule has 11 heteroatoms. The van der Waals surface area contributed by atoms with Gasteiger partial charge in [-0.25, -0.2) is 9.18 Å². The van der Waals surface area contributed by atoms with Crippen molar-refractivity contribution in [2.75, 3.05) is 13.2 Å². The normalized spacial score (nSPS) is 23.4. The fourth-order valence-electron chi connectivity index (χ4n) is 5.33. The van der Waals surface area contributed by atoms with Crippen molar-refractivity contribution in [3.8, 4) is 0 Å². The highest BCUT2D eigenvalue weighted by molar-refractivity contribution is 5.95. The average molecular weight is 539 g/mol. The summed E-state index contributed by atoms with van der Waals surface area (Å²) in [4.78, 5) is 26.6. The van der Waals surface area contributed by atoms with Crippen LogP contribution in [0.2, 0.25) is 0 Å². The zero-order valence-corrected chi connectivity index (χ0v) is 20.6. The molecular weight excluding hydrogens is 508 g/mol. The lowest BCUT2D eigenvalue weighted by atomic mass is 9.68. The Kier molecular flexibility index (Phi) is 7.72. The van der Waals surface area contributed by atoms with Crippen molar-refractivity contribution in [3.63, 3.8) is 0 Å². The molecule has 0 heterocycles. The van der Waals surface area contributed by atoms with E-state index in [2.05, 4.69) is 0 Å². The zero-order chi connectivity index (χ0) is 27.7. The topological polar surface area (TPSA) is 113 Å². The van der Waals surface area contributed by atoms with E-state index in [1.807, 2.05) is 0 Å². The minimum atomic E-state index is -5.09. The predicted octanol–water partition coefficient (Wildman–Crippen LogP) is 4.15. The number of nitrogens with zero attached hydrogens (tertiary/aromatic N) is 1. The number of aliphatic hydroxyl groups is 2. The summed E-state index contributed by atoms with van der Waals surface area (Å²) in [6.07, 6.45) is -2.16. The monoisotopic (exact) mass is 538 g/mol. The lowest BCUT2D eigenvalue weighted by molar-refractivity contribution is -0.277. The van der Waals surface area contributed by atoms with Crippen LogP contribution in [-0.2, 0) is 15.8 Å². The van der Waals surface area contributed by atoms with Gasteiger partial charge in [-0.3, -0.25) is 4.79 Å². The molecule has 1 unspecified atom stereocenters. The number of primary amides is 1. The highest BCUT2D eigenvalue weighted by atomic mass is 19.4. The summed E-state index contributed by atoms with van der Waals surface area (Å²) >= 11 is 0. The zero-order valence-electron chi connectivity index (χ0n) is 20.6. The second-order valence-electron chi connectivity index (χ2n) is 10.2. The Morgan fingerprint density at radius 2 is 1.53 bits per heavy atom. The van der Waals surface area contributed by atoms with E-state index in [9.17, 15) is 37.4 Å². The van der Waals surface area contributed by atoms with Crippen LogP contribution in [0, 0.1) is 5.82 Å². The molecule has 1 atom stereocenters. The van der Waals surface area contributed by atoms with E-state index in [4.69, 9.17) is 10.5 Å². The van der Waals surface area contributed by atoms with Gasteiger partial charge < -0.3 is 25.6 Å². The molecule has 4 N–H and O–H groups in total. The van der Waals surface area contributed by atoms with Gasteiger partial charge in [-0.05, 0) is 73.9 Å². The number of alkyl halides is 3. The van der Waals surface area contributed by atoms with E-state index in [0.717, 1.165) is 30.5 Å². The average Bonchev–Trinajstić information content (AvgIpc) is 3.73. The van der Waals surface area contributed by atoms with Crippen LogP contribution in [0.5, 0.6) is 0 Å². The largest absolute Gasteiger partial charge is 0.449 e. The molecule has 2 amide bonds. The molecule has 2 aromatic carbocycles. The smallest absolute Gasteiger partial charge is 0.423 e. The van der Waals surface area contributed by atoms with Crippen LogP contribution in [-0.4, -0.2) is 58.6 Å². The number of carbonyl (C=O) groups excluding carboxylic acids is 2. The third-order valence-corrected chi connectivity index (χ3v) is 7.73. The first-order valence-corrected chi connectivity index (χ1v) is 12.4. The quantitative estimate of drug-likeness (QED) is 0.437. The number of ether oxygens (including phenoxy) is 1. The summed E-state index contributed by atoms with van der Waals surface area (Å²) in [6.45, 7) is -1.53. The molecule has 0 aromatic heterocycles. The SMILES string of the molecule is NC(=O)OC[C@]1(c2ccc(F)cc2)CC[C@H](N(C(=O)c2ccc(C(O)(CO)C(F)(F)F)cc2)C2CC2)CC1. The maximum Gasteiger partial charge on any atom is 0.423 e. The molecule has 0 bridgehead atoms. The number of hydrogen-bond acceptors (Lipinski definition) is 5. The van der Waals surface area contributed by atoms with E-state index in [0.29, 0.717) is 25.7 Å². The van der Waals surface area contributed by atoms with Crippen molar-refractivity contribution in [3.05, 3.63) is 71.0 Å². The second-order valence-corrected chi connectivity index (χ2v) is 10.2. The number of hydrogen-bond donors (Lipinski definition) is 3. The minimum absolute atomic E-state index is 0.0110. The highest BCUT2D eigenvalue weighted by Gasteiger charge is 2.54. The molecule has 206 valence electrons. The number of benzene rings is 2. The maximum absolute atomic E-state index is 13.5. The van der Waals surface area contributed by atoms with Crippen LogP contribution in [0.25, 0.3) is 0 Å². The second kappa shape index (κ2) is 10.5. The predicted molar refractivity (Wildman–Crippen MR) is 129 cm³/mol. The summed E-state index contributed by atoms with van der Waals surface area (Å²) < 4.78 is 58.6. The Bertz CT molecular complexity index is 1140. The molecule has 2 fully saturated rings. The van der Waals surface area contributed by atoms with Gasteiger partial charge in [-0.15, -0.1) is 0 Å². The fraction of sp³-hybridized carbons (Fsp3) is 0.481. The molecular formula is C27H30F4N2O5. The van der Waals surface area contributed by atoms with Gasteiger partial charge in [-0.1, -0.05) is 24.3 Å². The number of nitrogens with two attached hydrogens (primary N) is 1. The Labute approximate surface area is 217 Å². The standard InChI is InChI=1S/C27H30F4N2O5/c28-20-7-5-18(6-8-20)25(16-38-24(32)36)13-11-22(12-14-25)33(21-9-10-21)23(35)17-1-3-19(4-2-17)26(37,15-34)27(29,30)31/h1-8,21-22,34,37H,9-16H2,(H2,32,36)/t22-,25-,26?. The number of carbonyl (C=O) groups is 2. The van der Waals surface area contributed by atoms with Crippen LogP contribution < -0.4 is 5.73 Å². The first-order valence-electron chi connectivity index (χ1n) is 12.4. The van der Waals surface area contributed by atoms with Crippen LogP contribution in [0.4, 0.5) is 22.4 Å². The summed E-state index contributed by atoms with van der Waals surface area (Å²) in [7, 11) is 0. The molecule has 2 aromatic rings. The lowest BCUT2D eigenvalue weighted by Crippen LogP contribution is -2.48. The van der Waals surface area contributed by atoms with E-state index in [1.165, 1.54) is 24.3 Å². The van der Waals surface area contributed by atoms with Crippen molar-refractivity contribution in [2.45, 2.75) is 67.8 Å². The van der Waals surface area contributed by atoms with Crippen molar-refractivity contribution in [1.29, 1.82) is 0 Å². The Balaban J connectivity index is 1.53. The Morgan fingerprint density at radius 1 is 0.974 bits per heavy atom. The minimum Gasteiger partial charge on any atom is -0.449 e. The first-order chi connectivity index (χ1) is 17.9. The number of amides is 2. The van der Waals surface area contributed by atoms with Gasteiger partial charge in [0.1, 0.15) is 12.4 Å². The van der Waals surface area contributed by atoms with Gasteiger partial charge in [-0.2, -0.15) is 13.2 Å². The summed E-state index contributed by atoms with van der Waals surface area (Å²) in [5.74, 6) is -0.719. The summed E-state index contributed by atoms with van der Waals surface area (Å²) in [5, 5.41) is 19.2. The molecule has 2 aliphatic carbocycles. The third kappa shape index (κ3) is 5.49. The van der Waals surface area contributed by atoms with Crippen LogP contribution in [0.1, 0.15) is 60.0 Å². The van der Waals surface area contributed by atoms with Gasteiger partial charge in [0, 0.05) is 23.1 Å². The Hall–Kier alpha value is -3.18. The molecule has 0 saturated heterocycles. The van der Waals surface area contributed by atoms with Crippen molar-refractivity contribution < 1.29 is 42.1 Å². The number of rotatable bonds is 8. The summed E-state index contributed by atoms with van der Waals surface area (Å²) in [5.41, 5.74) is 1.61. The fourth-order valence-corrected chi connectivity index (χ4v) is 5.33. The van der Waals surface area contributed by atoms with E-state index >= 15 is 0 Å². The van der Waals surface area contributed by atoms with Crippen molar-refractivity contribution in [1.82, 2.24) is 4.90 Å². The van der Waals surface area contributed by atoms with E-state index in [-0.39, 0.29) is 30.2 Å².